The maximum absolute atomic E-state index is 9.08. The van der Waals surface area contributed by atoms with Gasteiger partial charge in [0.15, 0.2) is 0 Å². The summed E-state index contributed by atoms with van der Waals surface area (Å²) in [5.41, 5.74) is 8.46. The molecule has 0 aliphatic heterocycles. The number of pyridine rings is 2. The Morgan fingerprint density at radius 3 is 2.40 bits per heavy atom. The summed E-state index contributed by atoms with van der Waals surface area (Å²) in [5.74, 6) is -0.237. The molecule has 1 aliphatic rings. The molecule has 1 saturated carbocycles. The maximum Gasteiger partial charge on any atom is 0.121 e. The van der Waals surface area contributed by atoms with Crippen molar-refractivity contribution in [2.75, 3.05) is 0 Å². The monoisotopic (exact) mass is 795 g/mol. The Hall–Kier alpha value is -4.37. The van der Waals surface area contributed by atoms with Crippen LogP contribution in [0.25, 0.3) is 44.5 Å². The summed E-state index contributed by atoms with van der Waals surface area (Å²) >= 11 is 0. The van der Waals surface area contributed by atoms with Gasteiger partial charge in [0.25, 0.3) is 0 Å². The zero-order chi connectivity index (χ0) is 34.7. The molecule has 0 bridgehead atoms. The number of hydrogen-bond acceptors (Lipinski definition) is 3. The van der Waals surface area contributed by atoms with Crippen molar-refractivity contribution < 1.29 is 30.0 Å². The van der Waals surface area contributed by atoms with Gasteiger partial charge in [-0.1, -0.05) is 97.8 Å². The third-order valence-corrected chi connectivity index (χ3v) is 8.94. The molecule has 1 atom stereocenters. The van der Waals surface area contributed by atoms with Crippen LogP contribution in [0.1, 0.15) is 78.6 Å². The Bertz CT molecular complexity index is 2210. The molecule has 0 spiro atoms. The minimum Gasteiger partial charge on any atom is -0.501 e. The van der Waals surface area contributed by atoms with Crippen LogP contribution >= 0.6 is 0 Å². The molecular formula is C43H38IrN2O-2. The average molecular weight is 795 g/mol. The summed E-state index contributed by atoms with van der Waals surface area (Å²) in [5, 5.41) is 2.22. The average Bonchev–Trinajstić information content (AvgIpc) is 3.54. The van der Waals surface area contributed by atoms with Crippen LogP contribution in [0.15, 0.2) is 126 Å². The summed E-state index contributed by atoms with van der Waals surface area (Å²) in [7, 11) is 0. The quantitative estimate of drug-likeness (QED) is 0.163. The Kier molecular flexibility index (Phi) is 8.86. The minimum atomic E-state index is -2.09. The molecule has 0 saturated heterocycles. The van der Waals surface area contributed by atoms with Crippen molar-refractivity contribution in [2.24, 2.45) is 0 Å². The van der Waals surface area contributed by atoms with Gasteiger partial charge in [0, 0.05) is 49.3 Å². The molecule has 4 aromatic carbocycles. The maximum atomic E-state index is 9.08. The van der Waals surface area contributed by atoms with Crippen molar-refractivity contribution in [2.45, 2.75) is 57.7 Å². The number of fused-ring (bicyclic) bond motifs is 3. The van der Waals surface area contributed by atoms with E-state index in [-0.39, 0.29) is 25.7 Å². The second-order valence-corrected chi connectivity index (χ2v) is 11.9. The van der Waals surface area contributed by atoms with Crippen molar-refractivity contribution in [1.29, 1.82) is 0 Å². The van der Waals surface area contributed by atoms with Gasteiger partial charge in [0.1, 0.15) is 5.58 Å². The molecule has 7 aromatic rings. The molecule has 3 aromatic heterocycles. The van der Waals surface area contributed by atoms with E-state index in [9.17, 15) is 0 Å². The molecule has 1 unspecified atom stereocenters. The smallest absolute Gasteiger partial charge is 0.121 e. The van der Waals surface area contributed by atoms with Gasteiger partial charge in [-0.3, -0.25) is 0 Å². The molecule has 8 rings (SSSR count). The van der Waals surface area contributed by atoms with Gasteiger partial charge in [0.2, 0.25) is 0 Å². The fourth-order valence-corrected chi connectivity index (χ4v) is 6.40. The first-order chi connectivity index (χ1) is 24.2. The van der Waals surface area contributed by atoms with E-state index in [1.54, 1.807) is 24.4 Å². The van der Waals surface area contributed by atoms with Crippen LogP contribution in [0.3, 0.4) is 0 Å². The van der Waals surface area contributed by atoms with Crippen LogP contribution < -0.4 is 0 Å². The van der Waals surface area contributed by atoms with E-state index in [0.29, 0.717) is 5.92 Å². The van der Waals surface area contributed by atoms with E-state index >= 15 is 0 Å². The second kappa shape index (κ2) is 15.0. The van der Waals surface area contributed by atoms with Crippen molar-refractivity contribution in [3.8, 4) is 22.5 Å². The fraction of sp³-hybridized carbons (Fsp3) is 0.209. The number of nitrogens with zero attached hydrogens (tertiary/aromatic N) is 2. The van der Waals surface area contributed by atoms with Gasteiger partial charge >= 0.3 is 0 Å². The summed E-state index contributed by atoms with van der Waals surface area (Å²) < 4.78 is 37.2. The molecule has 4 heteroatoms. The number of hydrogen-bond donors (Lipinski definition) is 0. The zero-order valence-electron chi connectivity index (χ0n) is 30.3. The summed E-state index contributed by atoms with van der Waals surface area (Å²) in [6.07, 6.45) is 9.73. The first-order valence-electron chi connectivity index (χ1n) is 18.0. The topological polar surface area (TPSA) is 38.9 Å². The van der Waals surface area contributed by atoms with Gasteiger partial charge in [-0.05, 0) is 71.4 Å². The summed E-state index contributed by atoms with van der Waals surface area (Å²) in [6, 6.07) is 41.8. The Morgan fingerprint density at radius 1 is 0.787 bits per heavy atom. The van der Waals surface area contributed by atoms with Crippen LogP contribution in [-0.2, 0) is 20.1 Å². The molecule has 3 heterocycles. The van der Waals surface area contributed by atoms with Gasteiger partial charge < -0.3 is 14.4 Å². The van der Waals surface area contributed by atoms with Crippen LogP contribution in [-0.4, -0.2) is 9.97 Å². The number of aromatic nitrogens is 2. The summed E-state index contributed by atoms with van der Waals surface area (Å²) in [4.78, 5) is 8.78. The van der Waals surface area contributed by atoms with Crippen LogP contribution in [0.4, 0.5) is 0 Å². The van der Waals surface area contributed by atoms with E-state index < -0.39 is 12.7 Å². The second-order valence-electron chi connectivity index (χ2n) is 11.9. The molecule has 1 aliphatic carbocycles. The van der Waals surface area contributed by atoms with Crippen LogP contribution in [0.5, 0.6) is 0 Å². The third-order valence-electron chi connectivity index (χ3n) is 8.94. The largest absolute Gasteiger partial charge is 0.501 e. The number of rotatable bonds is 5. The van der Waals surface area contributed by atoms with Crippen LogP contribution in [0.2, 0.25) is 0 Å². The van der Waals surface area contributed by atoms with Crippen molar-refractivity contribution in [3.05, 3.63) is 156 Å². The number of benzene rings is 4. The third kappa shape index (κ3) is 7.30. The summed E-state index contributed by atoms with van der Waals surface area (Å²) in [6.45, 7) is -0.161. The molecular weight excluding hydrogens is 753 g/mol. The van der Waals surface area contributed by atoms with E-state index in [1.165, 1.54) is 43.9 Å². The molecule has 237 valence electrons. The van der Waals surface area contributed by atoms with Gasteiger partial charge in [-0.25, -0.2) is 0 Å². The Balaban J connectivity index is 0.000000222. The van der Waals surface area contributed by atoms with Crippen molar-refractivity contribution >= 4 is 21.9 Å². The first-order valence-corrected chi connectivity index (χ1v) is 16.0. The molecule has 0 amide bonds. The van der Waals surface area contributed by atoms with Gasteiger partial charge in [0.05, 0.1) is 5.58 Å². The molecule has 47 heavy (non-hydrogen) atoms. The molecule has 1 fully saturated rings. The van der Waals surface area contributed by atoms with E-state index in [1.807, 2.05) is 73.7 Å². The number of aryl methyl sites for hydroxylation is 1. The Labute approximate surface area is 297 Å². The van der Waals surface area contributed by atoms with Crippen molar-refractivity contribution in [3.63, 3.8) is 0 Å². The van der Waals surface area contributed by atoms with Gasteiger partial charge in [-0.2, -0.15) is 0 Å². The first kappa shape index (κ1) is 27.7. The molecule has 3 nitrogen and oxygen atoms in total. The predicted molar refractivity (Wildman–Crippen MR) is 189 cm³/mol. The van der Waals surface area contributed by atoms with Crippen LogP contribution in [0, 0.1) is 19.0 Å². The molecule has 1 radical (unpaired) electrons. The van der Waals surface area contributed by atoms with Crippen molar-refractivity contribution in [1.82, 2.24) is 9.97 Å². The zero-order valence-corrected chi connectivity index (χ0v) is 28.7. The Morgan fingerprint density at radius 2 is 1.64 bits per heavy atom. The standard InChI is InChI=1S/C31H28NO.C12H10N.Ir/c1-21(22-9-4-2-5-10-22)24-17-18-32-29(19-24)28-14-8-13-27-26-16-15-25(20-30(26)33-31(27)28)23-11-6-3-7-12-23;1-10-7-8-12(13-9-10)11-5-3-2-4-6-11;/h2,4-5,8-10,13,15-21,23H,3,6-7,11-12H2,1H3;2-5,7-9H,1H3;/q2*-1;/i21D;1D3;. The SMILES string of the molecule is [2H]C(C)(c1ccccc1)c1ccnc(-c2[c-]ccc3c2oc2cc(C4CCCCC4)ccc23)c1.[2H]C([2H])([2H])c1ccc(-c2[c-]cccc2)nc1.[Ir]. The van der Waals surface area contributed by atoms with Gasteiger partial charge in [-0.15, -0.1) is 54.1 Å². The molecule has 0 N–H and O–H groups in total. The number of furan rings is 1. The fourth-order valence-electron chi connectivity index (χ4n) is 6.40. The van der Waals surface area contributed by atoms with E-state index in [2.05, 4.69) is 46.4 Å². The van der Waals surface area contributed by atoms with E-state index in [4.69, 9.17) is 9.90 Å². The van der Waals surface area contributed by atoms with E-state index in [0.717, 1.165) is 55.6 Å². The normalized spacial score (nSPS) is 16.0. The predicted octanol–water partition coefficient (Wildman–Crippen LogP) is 11.5. The minimum absolute atomic E-state index is 0.